The Kier molecular flexibility index (Phi) is 3.79. The second kappa shape index (κ2) is 5.32. The molecule has 0 aliphatic carbocycles. The lowest BCUT2D eigenvalue weighted by Gasteiger charge is -2.17. The zero-order valence-electron chi connectivity index (χ0n) is 10.6. The van der Waals surface area contributed by atoms with Crippen molar-refractivity contribution in [1.29, 1.82) is 0 Å². The molecule has 92 valence electrons. The van der Waals surface area contributed by atoms with Gasteiger partial charge in [0.25, 0.3) is 0 Å². The molecule has 3 N–H and O–H groups in total. The average Bonchev–Trinajstić information content (AvgIpc) is 2.72. The van der Waals surface area contributed by atoms with Crippen LogP contribution in [0.25, 0.3) is 11.0 Å². The van der Waals surface area contributed by atoms with Gasteiger partial charge >= 0.3 is 0 Å². The van der Waals surface area contributed by atoms with Gasteiger partial charge in [0, 0.05) is 5.92 Å². The summed E-state index contributed by atoms with van der Waals surface area (Å²) in [6, 6.07) is 8.19. The van der Waals surface area contributed by atoms with Crippen molar-refractivity contribution in [3.8, 4) is 0 Å². The third-order valence-electron chi connectivity index (χ3n) is 3.28. The standard InChI is InChI=1S/C14H21N3/c1-10(2)11(6-5-9-15)14-16-12-7-3-4-8-13(12)17-14/h3-4,7-8,10-11H,5-6,9,15H2,1-2H3,(H,16,17). The van der Waals surface area contributed by atoms with Crippen LogP contribution in [0.2, 0.25) is 0 Å². The third-order valence-corrected chi connectivity index (χ3v) is 3.28. The van der Waals surface area contributed by atoms with Crippen LogP contribution in [-0.4, -0.2) is 16.5 Å². The number of hydrogen-bond acceptors (Lipinski definition) is 2. The molecule has 17 heavy (non-hydrogen) atoms. The normalized spacial score (nSPS) is 13.4. The van der Waals surface area contributed by atoms with Gasteiger partial charge in [0.2, 0.25) is 0 Å². The van der Waals surface area contributed by atoms with Crippen LogP contribution in [0.4, 0.5) is 0 Å². The van der Waals surface area contributed by atoms with E-state index in [1.807, 2.05) is 12.1 Å². The number of nitrogens with two attached hydrogens (primary N) is 1. The average molecular weight is 231 g/mol. The zero-order valence-corrected chi connectivity index (χ0v) is 10.6. The van der Waals surface area contributed by atoms with E-state index in [9.17, 15) is 0 Å². The molecule has 1 aromatic heterocycles. The number of nitrogens with zero attached hydrogens (tertiary/aromatic N) is 1. The van der Waals surface area contributed by atoms with Crippen molar-refractivity contribution in [3.63, 3.8) is 0 Å². The first kappa shape index (κ1) is 12.1. The molecule has 0 fully saturated rings. The molecular formula is C14H21N3. The zero-order chi connectivity index (χ0) is 12.3. The summed E-state index contributed by atoms with van der Waals surface area (Å²) >= 11 is 0. The molecule has 3 nitrogen and oxygen atoms in total. The molecule has 0 aliphatic rings. The third kappa shape index (κ3) is 2.67. The maximum atomic E-state index is 5.60. The van der Waals surface area contributed by atoms with Gasteiger partial charge in [-0.05, 0) is 37.4 Å². The molecule has 0 aliphatic heterocycles. The molecular weight excluding hydrogens is 210 g/mol. The van der Waals surface area contributed by atoms with Gasteiger partial charge in [-0.3, -0.25) is 0 Å². The van der Waals surface area contributed by atoms with Crippen LogP contribution in [-0.2, 0) is 0 Å². The largest absolute Gasteiger partial charge is 0.342 e. The maximum absolute atomic E-state index is 5.60. The van der Waals surface area contributed by atoms with E-state index < -0.39 is 0 Å². The predicted octanol–water partition coefficient (Wildman–Crippen LogP) is 3.04. The Morgan fingerprint density at radius 3 is 2.71 bits per heavy atom. The molecule has 0 saturated heterocycles. The van der Waals surface area contributed by atoms with Gasteiger partial charge in [0.15, 0.2) is 0 Å². The number of aromatic amines is 1. The molecule has 1 aromatic carbocycles. The van der Waals surface area contributed by atoms with Crippen LogP contribution < -0.4 is 5.73 Å². The number of imidazole rings is 1. The second-order valence-electron chi connectivity index (χ2n) is 4.92. The van der Waals surface area contributed by atoms with Gasteiger partial charge in [-0.1, -0.05) is 26.0 Å². The van der Waals surface area contributed by atoms with E-state index in [4.69, 9.17) is 10.7 Å². The molecule has 3 heteroatoms. The summed E-state index contributed by atoms with van der Waals surface area (Å²) < 4.78 is 0. The Bertz CT molecular complexity index is 440. The van der Waals surface area contributed by atoms with E-state index in [0.29, 0.717) is 11.8 Å². The predicted molar refractivity (Wildman–Crippen MR) is 72.0 cm³/mol. The lowest BCUT2D eigenvalue weighted by molar-refractivity contribution is 0.442. The number of rotatable bonds is 5. The minimum Gasteiger partial charge on any atom is -0.342 e. The first-order chi connectivity index (χ1) is 8.22. The molecule has 1 heterocycles. The topological polar surface area (TPSA) is 54.7 Å². The van der Waals surface area contributed by atoms with Gasteiger partial charge in [-0.2, -0.15) is 0 Å². The van der Waals surface area contributed by atoms with Gasteiger partial charge in [0.1, 0.15) is 5.82 Å². The first-order valence-corrected chi connectivity index (χ1v) is 6.37. The lowest BCUT2D eigenvalue weighted by Crippen LogP contribution is -2.11. The highest BCUT2D eigenvalue weighted by atomic mass is 14.9. The van der Waals surface area contributed by atoms with Crippen molar-refractivity contribution in [3.05, 3.63) is 30.1 Å². The minimum absolute atomic E-state index is 0.478. The number of para-hydroxylation sites is 2. The van der Waals surface area contributed by atoms with Crippen LogP contribution in [0.15, 0.2) is 24.3 Å². The van der Waals surface area contributed by atoms with E-state index in [1.54, 1.807) is 0 Å². The first-order valence-electron chi connectivity index (χ1n) is 6.37. The van der Waals surface area contributed by atoms with Crippen LogP contribution in [0, 0.1) is 5.92 Å². The summed E-state index contributed by atoms with van der Waals surface area (Å²) in [6.07, 6.45) is 2.16. The number of aromatic nitrogens is 2. The van der Waals surface area contributed by atoms with Crippen molar-refractivity contribution >= 4 is 11.0 Å². The number of hydrogen-bond donors (Lipinski definition) is 2. The van der Waals surface area contributed by atoms with Gasteiger partial charge < -0.3 is 10.7 Å². The summed E-state index contributed by atoms with van der Waals surface area (Å²) in [7, 11) is 0. The molecule has 0 amide bonds. The highest BCUT2D eigenvalue weighted by molar-refractivity contribution is 5.74. The summed E-state index contributed by atoms with van der Waals surface area (Å²) in [6.45, 7) is 5.24. The Morgan fingerprint density at radius 1 is 1.29 bits per heavy atom. The number of benzene rings is 1. The van der Waals surface area contributed by atoms with E-state index in [0.717, 1.165) is 36.2 Å². The molecule has 2 rings (SSSR count). The monoisotopic (exact) mass is 231 g/mol. The van der Waals surface area contributed by atoms with Crippen LogP contribution in [0.3, 0.4) is 0 Å². The SMILES string of the molecule is CC(C)C(CCCN)c1nc2ccccc2[nH]1. The van der Waals surface area contributed by atoms with E-state index in [-0.39, 0.29) is 0 Å². The van der Waals surface area contributed by atoms with Crippen molar-refractivity contribution in [2.45, 2.75) is 32.6 Å². The van der Waals surface area contributed by atoms with Crippen molar-refractivity contribution < 1.29 is 0 Å². The van der Waals surface area contributed by atoms with Gasteiger partial charge in [0.05, 0.1) is 11.0 Å². The second-order valence-corrected chi connectivity index (χ2v) is 4.92. The van der Waals surface area contributed by atoms with Crippen molar-refractivity contribution in [1.82, 2.24) is 9.97 Å². The molecule has 2 aromatic rings. The molecule has 1 atom stereocenters. The quantitative estimate of drug-likeness (QED) is 0.831. The van der Waals surface area contributed by atoms with Crippen LogP contribution in [0.5, 0.6) is 0 Å². The molecule has 0 bridgehead atoms. The number of fused-ring (bicyclic) bond motifs is 1. The maximum Gasteiger partial charge on any atom is 0.110 e. The van der Waals surface area contributed by atoms with Crippen molar-refractivity contribution in [2.24, 2.45) is 11.7 Å². The minimum atomic E-state index is 0.478. The molecule has 1 unspecified atom stereocenters. The van der Waals surface area contributed by atoms with Crippen LogP contribution >= 0.6 is 0 Å². The smallest absolute Gasteiger partial charge is 0.110 e. The Balaban J connectivity index is 2.28. The van der Waals surface area contributed by atoms with E-state index in [2.05, 4.69) is 31.0 Å². The fraction of sp³-hybridized carbons (Fsp3) is 0.500. The number of nitrogens with one attached hydrogen (secondary N) is 1. The summed E-state index contributed by atoms with van der Waals surface area (Å²) in [5.41, 5.74) is 7.78. The Hall–Kier alpha value is -1.35. The summed E-state index contributed by atoms with van der Waals surface area (Å²) in [4.78, 5) is 8.12. The van der Waals surface area contributed by atoms with Crippen LogP contribution in [0.1, 0.15) is 38.4 Å². The summed E-state index contributed by atoms with van der Waals surface area (Å²) in [5, 5.41) is 0. The van der Waals surface area contributed by atoms with Gasteiger partial charge in [-0.15, -0.1) is 0 Å². The highest BCUT2D eigenvalue weighted by Crippen LogP contribution is 2.28. The molecule has 0 radical (unpaired) electrons. The summed E-state index contributed by atoms with van der Waals surface area (Å²) in [5.74, 6) is 2.17. The highest BCUT2D eigenvalue weighted by Gasteiger charge is 2.18. The molecule has 0 spiro atoms. The van der Waals surface area contributed by atoms with E-state index >= 15 is 0 Å². The lowest BCUT2D eigenvalue weighted by atomic mass is 9.90. The fourth-order valence-electron chi connectivity index (χ4n) is 2.27. The Morgan fingerprint density at radius 2 is 2.06 bits per heavy atom. The number of H-pyrrole nitrogens is 1. The van der Waals surface area contributed by atoms with E-state index in [1.165, 1.54) is 0 Å². The fourth-order valence-corrected chi connectivity index (χ4v) is 2.27. The molecule has 0 saturated carbocycles. The van der Waals surface area contributed by atoms with Gasteiger partial charge in [-0.25, -0.2) is 4.98 Å². The Labute approximate surface area is 102 Å². The van der Waals surface area contributed by atoms with Crippen molar-refractivity contribution in [2.75, 3.05) is 6.54 Å².